The number of aliphatic carboxylic acids is 1. The van der Waals surface area contributed by atoms with E-state index in [-0.39, 0.29) is 12.5 Å². The Bertz CT molecular complexity index is 405. The first kappa shape index (κ1) is 16.2. The Morgan fingerprint density at radius 1 is 1.26 bits per heavy atom. The molecule has 0 aliphatic heterocycles. The maximum atomic E-state index is 10.8. The molecule has 1 N–H and O–H groups in total. The maximum Gasteiger partial charge on any atom is 0.304 e. The maximum absolute atomic E-state index is 10.8. The van der Waals surface area contributed by atoms with Crippen molar-refractivity contribution in [2.75, 3.05) is 6.54 Å². The van der Waals surface area contributed by atoms with Crippen LogP contribution in [0.25, 0.3) is 0 Å². The number of halogens is 1. The predicted octanol–water partition coefficient (Wildman–Crippen LogP) is 3.57. The first-order chi connectivity index (χ1) is 8.93. The Labute approximate surface area is 123 Å². The van der Waals surface area contributed by atoms with E-state index in [1.165, 1.54) is 5.56 Å². The van der Waals surface area contributed by atoms with E-state index in [0.717, 1.165) is 17.4 Å². The SMILES string of the molecule is CCN(C(C)CC(=O)O)C(C)Cc1ccc(Br)cc1. The third-order valence-corrected chi connectivity index (χ3v) is 3.94. The number of carboxylic acids is 1. The molecule has 106 valence electrons. The van der Waals surface area contributed by atoms with Gasteiger partial charge in [-0.3, -0.25) is 9.69 Å². The Balaban J connectivity index is 2.65. The second-order valence-electron chi connectivity index (χ2n) is 4.96. The quantitative estimate of drug-likeness (QED) is 0.832. The second kappa shape index (κ2) is 7.65. The molecule has 0 aliphatic rings. The second-order valence-corrected chi connectivity index (χ2v) is 5.87. The summed E-state index contributed by atoms with van der Waals surface area (Å²) in [6.07, 6.45) is 1.13. The number of likely N-dealkylation sites (N-methyl/N-ethyl adjacent to an activating group) is 1. The van der Waals surface area contributed by atoms with E-state index < -0.39 is 5.97 Å². The highest BCUT2D eigenvalue weighted by Gasteiger charge is 2.20. The minimum atomic E-state index is -0.734. The number of nitrogens with zero attached hydrogens (tertiary/aromatic N) is 1. The number of benzene rings is 1. The highest BCUT2D eigenvalue weighted by molar-refractivity contribution is 9.10. The zero-order valence-corrected chi connectivity index (χ0v) is 13.4. The lowest BCUT2D eigenvalue weighted by Gasteiger charge is -2.33. The number of hydrogen-bond donors (Lipinski definition) is 1. The van der Waals surface area contributed by atoms with E-state index in [2.05, 4.69) is 46.8 Å². The van der Waals surface area contributed by atoms with E-state index in [9.17, 15) is 4.79 Å². The molecule has 1 aromatic carbocycles. The predicted molar refractivity (Wildman–Crippen MR) is 81.4 cm³/mol. The molecule has 0 bridgehead atoms. The molecule has 0 aromatic heterocycles. The van der Waals surface area contributed by atoms with Crippen molar-refractivity contribution in [3.63, 3.8) is 0 Å². The first-order valence-electron chi connectivity index (χ1n) is 6.66. The molecule has 0 saturated heterocycles. The lowest BCUT2D eigenvalue weighted by atomic mass is 10.0. The van der Waals surface area contributed by atoms with Gasteiger partial charge in [-0.15, -0.1) is 0 Å². The molecule has 2 unspecified atom stereocenters. The summed E-state index contributed by atoms with van der Waals surface area (Å²) >= 11 is 3.43. The van der Waals surface area contributed by atoms with E-state index in [1.54, 1.807) is 0 Å². The van der Waals surface area contributed by atoms with Gasteiger partial charge in [0.15, 0.2) is 0 Å². The van der Waals surface area contributed by atoms with Crippen molar-refractivity contribution < 1.29 is 9.90 Å². The van der Waals surface area contributed by atoms with Crippen LogP contribution in [-0.2, 0) is 11.2 Å². The van der Waals surface area contributed by atoms with Gasteiger partial charge in [0.2, 0.25) is 0 Å². The van der Waals surface area contributed by atoms with Crippen LogP contribution in [0.4, 0.5) is 0 Å². The summed E-state index contributed by atoms with van der Waals surface area (Å²) in [5, 5.41) is 8.90. The molecule has 0 amide bonds. The topological polar surface area (TPSA) is 40.5 Å². The molecule has 0 saturated carbocycles. The van der Waals surface area contributed by atoms with Crippen LogP contribution < -0.4 is 0 Å². The Hall–Kier alpha value is -0.870. The molecule has 0 radical (unpaired) electrons. The summed E-state index contributed by atoms with van der Waals surface area (Å²) in [7, 11) is 0. The largest absolute Gasteiger partial charge is 0.481 e. The Morgan fingerprint density at radius 2 is 1.84 bits per heavy atom. The number of carbonyl (C=O) groups is 1. The van der Waals surface area contributed by atoms with Crippen molar-refractivity contribution >= 4 is 21.9 Å². The van der Waals surface area contributed by atoms with Gasteiger partial charge in [-0.05, 0) is 44.5 Å². The van der Waals surface area contributed by atoms with Crippen molar-refractivity contribution in [3.8, 4) is 0 Å². The summed E-state index contributed by atoms with van der Waals surface area (Å²) in [4.78, 5) is 13.1. The summed E-state index contributed by atoms with van der Waals surface area (Å²) in [6.45, 7) is 7.09. The smallest absolute Gasteiger partial charge is 0.304 e. The zero-order chi connectivity index (χ0) is 14.4. The normalized spacial score (nSPS) is 14.4. The molecule has 3 nitrogen and oxygen atoms in total. The molecule has 2 atom stereocenters. The van der Waals surface area contributed by atoms with Gasteiger partial charge in [-0.25, -0.2) is 0 Å². The van der Waals surface area contributed by atoms with Gasteiger partial charge in [0.05, 0.1) is 6.42 Å². The average Bonchev–Trinajstić information content (AvgIpc) is 2.32. The molecule has 1 rings (SSSR count). The Morgan fingerprint density at radius 3 is 2.32 bits per heavy atom. The third kappa shape index (κ3) is 5.33. The molecule has 0 heterocycles. The van der Waals surface area contributed by atoms with Gasteiger partial charge in [0, 0.05) is 16.6 Å². The van der Waals surface area contributed by atoms with Crippen LogP contribution in [0.5, 0.6) is 0 Å². The van der Waals surface area contributed by atoms with Gasteiger partial charge in [0.25, 0.3) is 0 Å². The Kier molecular flexibility index (Phi) is 6.52. The molecule has 4 heteroatoms. The minimum Gasteiger partial charge on any atom is -0.481 e. The van der Waals surface area contributed by atoms with Crippen molar-refractivity contribution in [2.45, 2.75) is 45.7 Å². The lowest BCUT2D eigenvalue weighted by Crippen LogP contribution is -2.42. The molecule has 0 aliphatic carbocycles. The molecular formula is C15H22BrNO2. The van der Waals surface area contributed by atoms with E-state index in [0.29, 0.717) is 6.04 Å². The average molecular weight is 328 g/mol. The first-order valence-corrected chi connectivity index (χ1v) is 7.45. The molecule has 19 heavy (non-hydrogen) atoms. The highest BCUT2D eigenvalue weighted by Crippen LogP contribution is 2.16. The van der Waals surface area contributed by atoms with E-state index >= 15 is 0 Å². The zero-order valence-electron chi connectivity index (χ0n) is 11.8. The molecule has 0 spiro atoms. The number of rotatable bonds is 7. The van der Waals surface area contributed by atoms with Crippen LogP contribution in [0, 0.1) is 0 Å². The van der Waals surface area contributed by atoms with Gasteiger partial charge in [-0.2, -0.15) is 0 Å². The fourth-order valence-electron chi connectivity index (χ4n) is 2.51. The number of hydrogen-bond acceptors (Lipinski definition) is 2. The van der Waals surface area contributed by atoms with Crippen LogP contribution in [0.2, 0.25) is 0 Å². The van der Waals surface area contributed by atoms with Gasteiger partial charge in [-0.1, -0.05) is 35.0 Å². The van der Waals surface area contributed by atoms with Crippen molar-refractivity contribution in [2.24, 2.45) is 0 Å². The lowest BCUT2D eigenvalue weighted by molar-refractivity contribution is -0.138. The summed E-state index contributed by atoms with van der Waals surface area (Å²) in [5.74, 6) is -0.734. The summed E-state index contributed by atoms with van der Waals surface area (Å²) < 4.78 is 1.08. The number of carboxylic acid groups (broad SMARTS) is 1. The fourth-order valence-corrected chi connectivity index (χ4v) is 2.77. The highest BCUT2D eigenvalue weighted by atomic mass is 79.9. The summed E-state index contributed by atoms with van der Waals surface area (Å²) in [6, 6.07) is 8.69. The summed E-state index contributed by atoms with van der Waals surface area (Å²) in [5.41, 5.74) is 1.27. The monoisotopic (exact) mass is 327 g/mol. The fraction of sp³-hybridized carbons (Fsp3) is 0.533. The standard InChI is InChI=1S/C15H22BrNO2/c1-4-17(12(3)10-15(18)19)11(2)9-13-5-7-14(16)8-6-13/h5-8,11-12H,4,9-10H2,1-3H3,(H,18,19). The van der Waals surface area contributed by atoms with Gasteiger partial charge in [0.1, 0.15) is 0 Å². The van der Waals surface area contributed by atoms with E-state index in [4.69, 9.17) is 5.11 Å². The van der Waals surface area contributed by atoms with Gasteiger partial charge >= 0.3 is 5.97 Å². The van der Waals surface area contributed by atoms with Crippen LogP contribution in [0.15, 0.2) is 28.7 Å². The minimum absolute atomic E-state index is 0.0629. The van der Waals surface area contributed by atoms with Crippen LogP contribution in [-0.4, -0.2) is 34.6 Å². The van der Waals surface area contributed by atoms with E-state index in [1.807, 2.05) is 19.1 Å². The van der Waals surface area contributed by atoms with Crippen LogP contribution in [0.1, 0.15) is 32.8 Å². The van der Waals surface area contributed by atoms with Crippen molar-refractivity contribution in [3.05, 3.63) is 34.3 Å². The van der Waals surface area contributed by atoms with Crippen molar-refractivity contribution in [1.29, 1.82) is 0 Å². The molecular weight excluding hydrogens is 306 g/mol. The molecule has 0 fully saturated rings. The van der Waals surface area contributed by atoms with Gasteiger partial charge < -0.3 is 5.11 Å². The van der Waals surface area contributed by atoms with Crippen LogP contribution >= 0.6 is 15.9 Å². The van der Waals surface area contributed by atoms with Crippen LogP contribution in [0.3, 0.4) is 0 Å². The third-order valence-electron chi connectivity index (χ3n) is 3.41. The molecule has 1 aromatic rings. The van der Waals surface area contributed by atoms with Crippen molar-refractivity contribution in [1.82, 2.24) is 4.90 Å².